The van der Waals surface area contributed by atoms with Gasteiger partial charge >= 0.3 is 0 Å². The molecule has 5 heteroatoms. The summed E-state index contributed by atoms with van der Waals surface area (Å²) in [5.41, 5.74) is 7.22. The molecule has 116 valence electrons. The van der Waals surface area contributed by atoms with Crippen molar-refractivity contribution in [3.8, 4) is 0 Å². The molecule has 5 nitrogen and oxygen atoms in total. The van der Waals surface area contributed by atoms with Gasteiger partial charge < -0.3 is 20.8 Å². The van der Waals surface area contributed by atoms with Crippen LogP contribution in [-0.4, -0.2) is 46.8 Å². The summed E-state index contributed by atoms with van der Waals surface area (Å²) >= 11 is 0. The average molecular weight is 292 g/mol. The smallest absolute Gasteiger partial charge is 0.246 e. The first-order valence-corrected chi connectivity index (χ1v) is 7.41. The van der Waals surface area contributed by atoms with E-state index in [1.165, 1.54) is 5.56 Å². The Bertz CT molecular complexity index is 467. The summed E-state index contributed by atoms with van der Waals surface area (Å²) in [4.78, 5) is 13.2. The van der Waals surface area contributed by atoms with Crippen LogP contribution in [0.3, 0.4) is 0 Å². The molecule has 0 bridgehead atoms. The summed E-state index contributed by atoms with van der Waals surface area (Å²) in [6, 6.07) is 7.88. The lowest BCUT2D eigenvalue weighted by Crippen LogP contribution is -2.43. The topological polar surface area (TPSA) is 86.8 Å². The molecule has 1 heterocycles. The molecule has 1 aromatic carbocycles. The summed E-state index contributed by atoms with van der Waals surface area (Å²) in [5.74, 6) is -0.705. The molecule has 1 fully saturated rings. The highest BCUT2D eigenvalue weighted by atomic mass is 16.3. The van der Waals surface area contributed by atoms with Crippen molar-refractivity contribution in [2.24, 2.45) is 11.7 Å². The van der Waals surface area contributed by atoms with Gasteiger partial charge in [-0.15, -0.1) is 0 Å². The fourth-order valence-corrected chi connectivity index (χ4v) is 2.82. The van der Waals surface area contributed by atoms with E-state index in [2.05, 4.69) is 4.90 Å². The number of aryl methyl sites for hydroxylation is 1. The second-order valence-electron chi connectivity index (χ2n) is 5.91. The maximum Gasteiger partial charge on any atom is 0.246 e. The summed E-state index contributed by atoms with van der Waals surface area (Å²) < 4.78 is 0. The van der Waals surface area contributed by atoms with Crippen LogP contribution in [0.5, 0.6) is 0 Å². The van der Waals surface area contributed by atoms with Gasteiger partial charge in [0, 0.05) is 6.54 Å². The maximum absolute atomic E-state index is 11.0. The van der Waals surface area contributed by atoms with Crippen LogP contribution < -0.4 is 5.73 Å². The summed E-state index contributed by atoms with van der Waals surface area (Å²) in [6.45, 7) is 4.11. The minimum Gasteiger partial charge on any atom is -0.387 e. The number of β-amino-alcohol motifs (C(OH)–C–C–N with tert-alkyl or cyclic N) is 1. The Hall–Kier alpha value is -1.43. The van der Waals surface area contributed by atoms with Gasteiger partial charge in [0.15, 0.2) is 0 Å². The number of benzene rings is 1. The number of aliphatic hydroxyl groups is 2. The molecule has 0 saturated carbocycles. The van der Waals surface area contributed by atoms with E-state index in [0.29, 0.717) is 6.54 Å². The van der Waals surface area contributed by atoms with Crippen LogP contribution in [0.4, 0.5) is 0 Å². The number of nitrogens with zero attached hydrogens (tertiary/aromatic N) is 1. The van der Waals surface area contributed by atoms with Gasteiger partial charge in [0.25, 0.3) is 0 Å². The van der Waals surface area contributed by atoms with Gasteiger partial charge in [-0.1, -0.05) is 29.8 Å². The van der Waals surface area contributed by atoms with Crippen molar-refractivity contribution < 1.29 is 15.0 Å². The fourth-order valence-electron chi connectivity index (χ4n) is 2.82. The molecule has 1 aromatic rings. The highest BCUT2D eigenvalue weighted by Gasteiger charge is 2.29. The Kier molecular flexibility index (Phi) is 5.33. The van der Waals surface area contributed by atoms with Crippen LogP contribution in [0, 0.1) is 12.8 Å². The van der Waals surface area contributed by atoms with Gasteiger partial charge in [-0.05, 0) is 44.3 Å². The van der Waals surface area contributed by atoms with Gasteiger partial charge in [0.2, 0.25) is 5.91 Å². The lowest BCUT2D eigenvalue weighted by atomic mass is 9.90. The van der Waals surface area contributed by atoms with Gasteiger partial charge in [-0.3, -0.25) is 4.79 Å². The predicted octanol–water partition coefficient (Wildman–Crippen LogP) is 0.587. The molecule has 0 unspecified atom stereocenters. The summed E-state index contributed by atoms with van der Waals surface area (Å²) in [6.07, 6.45) is -0.104. The third kappa shape index (κ3) is 4.27. The predicted molar refractivity (Wildman–Crippen MR) is 80.5 cm³/mol. The minimum atomic E-state index is -1.05. The highest BCUT2D eigenvalue weighted by molar-refractivity contribution is 5.78. The normalized spacial score (nSPS) is 20.1. The molecule has 1 aliphatic heterocycles. The largest absolute Gasteiger partial charge is 0.387 e. The van der Waals surface area contributed by atoms with Crippen LogP contribution in [0.2, 0.25) is 0 Å². The second kappa shape index (κ2) is 7.02. The summed E-state index contributed by atoms with van der Waals surface area (Å²) in [5, 5.41) is 19.9. The Labute approximate surface area is 125 Å². The number of rotatable bonds is 5. The molecular formula is C16H24N2O3. The Morgan fingerprint density at radius 1 is 1.29 bits per heavy atom. The molecular weight excluding hydrogens is 268 g/mol. The zero-order chi connectivity index (χ0) is 15.4. The maximum atomic E-state index is 11.0. The molecule has 1 aliphatic rings. The molecule has 0 radical (unpaired) electrons. The number of nitrogens with two attached hydrogens (primary N) is 1. The van der Waals surface area contributed by atoms with E-state index in [1.807, 2.05) is 31.2 Å². The Morgan fingerprint density at radius 2 is 1.86 bits per heavy atom. The van der Waals surface area contributed by atoms with Crippen molar-refractivity contribution in [1.82, 2.24) is 4.90 Å². The molecule has 0 spiro atoms. The van der Waals surface area contributed by atoms with E-state index in [-0.39, 0.29) is 5.92 Å². The fraction of sp³-hybridized carbons (Fsp3) is 0.562. The van der Waals surface area contributed by atoms with E-state index < -0.39 is 18.1 Å². The van der Waals surface area contributed by atoms with Crippen molar-refractivity contribution in [3.63, 3.8) is 0 Å². The van der Waals surface area contributed by atoms with Gasteiger partial charge in [-0.2, -0.15) is 0 Å². The SMILES string of the molecule is Cc1ccc([C@@H](O)CN2CCC([C@@H](O)C(N)=O)CC2)cc1. The molecule has 1 amide bonds. The number of likely N-dealkylation sites (tertiary alicyclic amines) is 1. The number of hydrogen-bond donors (Lipinski definition) is 3. The zero-order valence-corrected chi connectivity index (χ0v) is 12.4. The van der Waals surface area contributed by atoms with E-state index in [0.717, 1.165) is 31.5 Å². The van der Waals surface area contributed by atoms with Gasteiger partial charge in [-0.25, -0.2) is 0 Å². The van der Waals surface area contributed by atoms with Crippen LogP contribution in [0.1, 0.15) is 30.1 Å². The lowest BCUT2D eigenvalue weighted by Gasteiger charge is -2.34. The van der Waals surface area contributed by atoms with Crippen molar-refractivity contribution >= 4 is 5.91 Å². The number of carbonyl (C=O) groups is 1. The third-order valence-corrected chi connectivity index (χ3v) is 4.26. The number of amides is 1. The van der Waals surface area contributed by atoms with Crippen molar-refractivity contribution in [1.29, 1.82) is 0 Å². The van der Waals surface area contributed by atoms with Crippen LogP contribution in [0.15, 0.2) is 24.3 Å². The molecule has 2 rings (SSSR count). The minimum absolute atomic E-state index is 0.0599. The number of carbonyl (C=O) groups excluding carboxylic acids is 1. The first kappa shape index (κ1) is 15.9. The van der Waals surface area contributed by atoms with Crippen LogP contribution in [0.25, 0.3) is 0 Å². The van der Waals surface area contributed by atoms with E-state index in [4.69, 9.17) is 5.73 Å². The van der Waals surface area contributed by atoms with Gasteiger partial charge in [0.1, 0.15) is 6.10 Å². The summed E-state index contributed by atoms with van der Waals surface area (Å²) in [7, 11) is 0. The quantitative estimate of drug-likeness (QED) is 0.741. The molecule has 21 heavy (non-hydrogen) atoms. The van der Waals surface area contributed by atoms with Crippen molar-refractivity contribution in [3.05, 3.63) is 35.4 Å². The van der Waals surface area contributed by atoms with Crippen LogP contribution in [-0.2, 0) is 4.79 Å². The third-order valence-electron chi connectivity index (χ3n) is 4.26. The Morgan fingerprint density at radius 3 is 2.38 bits per heavy atom. The zero-order valence-electron chi connectivity index (χ0n) is 12.4. The number of aliphatic hydroxyl groups excluding tert-OH is 2. The lowest BCUT2D eigenvalue weighted by molar-refractivity contribution is -0.129. The number of hydrogen-bond acceptors (Lipinski definition) is 4. The van der Waals surface area contributed by atoms with Gasteiger partial charge in [0.05, 0.1) is 6.10 Å². The Balaban J connectivity index is 1.83. The standard InChI is InChI=1S/C16H24N2O3/c1-11-2-4-12(5-3-11)14(19)10-18-8-6-13(7-9-18)15(20)16(17)21/h2-5,13-15,19-20H,6-10H2,1H3,(H2,17,21)/t14-,15+/m0/s1. The van der Waals surface area contributed by atoms with E-state index in [1.54, 1.807) is 0 Å². The second-order valence-corrected chi connectivity index (χ2v) is 5.91. The highest BCUT2D eigenvalue weighted by Crippen LogP contribution is 2.23. The average Bonchev–Trinajstić information content (AvgIpc) is 2.47. The number of primary amides is 1. The molecule has 2 atom stereocenters. The molecule has 4 N–H and O–H groups in total. The molecule has 0 aromatic heterocycles. The molecule has 1 saturated heterocycles. The van der Waals surface area contributed by atoms with Crippen LogP contribution >= 0.6 is 0 Å². The van der Waals surface area contributed by atoms with E-state index >= 15 is 0 Å². The first-order valence-electron chi connectivity index (χ1n) is 7.41. The van der Waals surface area contributed by atoms with Crippen molar-refractivity contribution in [2.75, 3.05) is 19.6 Å². The molecule has 0 aliphatic carbocycles. The van der Waals surface area contributed by atoms with E-state index in [9.17, 15) is 15.0 Å². The monoisotopic (exact) mass is 292 g/mol. The number of piperidine rings is 1. The van der Waals surface area contributed by atoms with Crippen molar-refractivity contribution in [2.45, 2.75) is 32.0 Å². The first-order chi connectivity index (χ1) is 9.97.